The summed E-state index contributed by atoms with van der Waals surface area (Å²) in [4.78, 5) is 9.83. The molecule has 0 aromatic heterocycles. The molecule has 116 valence electrons. The van der Waals surface area contributed by atoms with Crippen molar-refractivity contribution in [3.05, 3.63) is 28.3 Å². The molecule has 0 bridgehead atoms. The van der Waals surface area contributed by atoms with Crippen molar-refractivity contribution in [1.82, 2.24) is 4.72 Å². The zero-order valence-corrected chi connectivity index (χ0v) is 11.8. The van der Waals surface area contributed by atoms with Crippen molar-refractivity contribution in [3.8, 4) is 0 Å². The van der Waals surface area contributed by atoms with Crippen LogP contribution in [0.2, 0.25) is 0 Å². The van der Waals surface area contributed by atoms with Crippen LogP contribution in [0.15, 0.2) is 23.1 Å². The van der Waals surface area contributed by atoms with Gasteiger partial charge in [-0.15, -0.1) is 0 Å². The predicted octanol–water partition coefficient (Wildman–Crippen LogP) is -0.129. The Hall–Kier alpha value is -1.75. The van der Waals surface area contributed by atoms with Gasteiger partial charge in [0, 0.05) is 12.6 Å². The highest BCUT2D eigenvalue weighted by atomic mass is 32.2. The lowest BCUT2D eigenvalue weighted by atomic mass is 10.3. The SMILES string of the molecule is Nc1ccc(S(=O)(=O)NCC2COCCO2)cc1[N+](=O)[O-]. The van der Waals surface area contributed by atoms with Crippen LogP contribution in [0.4, 0.5) is 11.4 Å². The molecule has 1 aromatic carbocycles. The van der Waals surface area contributed by atoms with Gasteiger partial charge in [0.25, 0.3) is 5.69 Å². The fourth-order valence-corrected chi connectivity index (χ4v) is 2.88. The molecule has 9 nitrogen and oxygen atoms in total. The largest absolute Gasteiger partial charge is 0.393 e. The van der Waals surface area contributed by atoms with Crippen LogP contribution in [-0.4, -0.2) is 45.8 Å². The Labute approximate surface area is 121 Å². The minimum absolute atomic E-state index is 0.0283. The van der Waals surface area contributed by atoms with Crippen LogP contribution in [0.25, 0.3) is 0 Å². The van der Waals surface area contributed by atoms with Crippen molar-refractivity contribution < 1.29 is 22.8 Å². The third-order valence-electron chi connectivity index (χ3n) is 2.89. The van der Waals surface area contributed by atoms with Crippen molar-refractivity contribution in [2.24, 2.45) is 0 Å². The normalized spacial score (nSPS) is 19.3. The first-order valence-electron chi connectivity index (χ1n) is 6.13. The fourth-order valence-electron chi connectivity index (χ4n) is 1.79. The van der Waals surface area contributed by atoms with Crippen molar-refractivity contribution >= 4 is 21.4 Å². The number of rotatable bonds is 5. The van der Waals surface area contributed by atoms with Gasteiger partial charge in [-0.1, -0.05) is 0 Å². The molecule has 1 heterocycles. The van der Waals surface area contributed by atoms with E-state index in [1.807, 2.05) is 0 Å². The van der Waals surface area contributed by atoms with Crippen LogP contribution in [0.5, 0.6) is 0 Å². The molecule has 1 saturated heterocycles. The Morgan fingerprint density at radius 1 is 1.43 bits per heavy atom. The maximum Gasteiger partial charge on any atom is 0.293 e. The Morgan fingerprint density at radius 3 is 2.81 bits per heavy atom. The fraction of sp³-hybridized carbons (Fsp3) is 0.455. The van der Waals surface area contributed by atoms with Crippen LogP contribution in [0.3, 0.4) is 0 Å². The van der Waals surface area contributed by atoms with Gasteiger partial charge < -0.3 is 15.2 Å². The Balaban J connectivity index is 2.11. The van der Waals surface area contributed by atoms with E-state index in [2.05, 4.69) is 4.72 Å². The van der Waals surface area contributed by atoms with E-state index in [1.54, 1.807) is 0 Å². The third kappa shape index (κ3) is 3.88. The first-order chi connectivity index (χ1) is 9.90. The lowest BCUT2D eigenvalue weighted by Crippen LogP contribution is -2.39. The second kappa shape index (κ2) is 6.35. The van der Waals surface area contributed by atoms with Gasteiger partial charge in [-0.3, -0.25) is 10.1 Å². The van der Waals surface area contributed by atoms with Gasteiger partial charge in [0.1, 0.15) is 5.69 Å². The standard InChI is InChI=1S/C11H15N3O6S/c12-10-2-1-9(5-11(10)14(15)16)21(17,18)13-6-8-7-19-3-4-20-8/h1-2,5,8,13H,3-4,6-7,12H2. The quantitative estimate of drug-likeness (QED) is 0.439. The van der Waals surface area contributed by atoms with Crippen LogP contribution in [-0.2, 0) is 19.5 Å². The highest BCUT2D eigenvalue weighted by Crippen LogP contribution is 2.24. The number of benzene rings is 1. The number of hydrogen-bond acceptors (Lipinski definition) is 7. The first-order valence-corrected chi connectivity index (χ1v) is 7.61. The Morgan fingerprint density at radius 2 is 2.19 bits per heavy atom. The summed E-state index contributed by atoms with van der Waals surface area (Å²) in [7, 11) is -3.88. The van der Waals surface area contributed by atoms with E-state index in [0.29, 0.717) is 19.8 Å². The van der Waals surface area contributed by atoms with E-state index in [-0.39, 0.29) is 23.2 Å². The molecular formula is C11H15N3O6S. The number of nitro groups is 1. The van der Waals surface area contributed by atoms with Crippen molar-refractivity contribution in [1.29, 1.82) is 0 Å². The summed E-state index contributed by atoms with van der Waals surface area (Å²) in [6, 6.07) is 3.33. The lowest BCUT2D eigenvalue weighted by Gasteiger charge is -2.23. The summed E-state index contributed by atoms with van der Waals surface area (Å²) in [5, 5.41) is 10.8. The van der Waals surface area contributed by atoms with E-state index in [1.165, 1.54) is 12.1 Å². The molecule has 1 atom stereocenters. The van der Waals surface area contributed by atoms with Gasteiger partial charge in [-0.25, -0.2) is 13.1 Å². The molecule has 0 spiro atoms. The molecule has 0 aliphatic carbocycles. The highest BCUT2D eigenvalue weighted by Gasteiger charge is 2.22. The topological polar surface area (TPSA) is 134 Å². The molecule has 10 heteroatoms. The molecular weight excluding hydrogens is 302 g/mol. The minimum atomic E-state index is -3.88. The molecule has 0 radical (unpaired) electrons. The first kappa shape index (κ1) is 15.6. The van der Waals surface area contributed by atoms with Crippen molar-refractivity contribution in [2.75, 3.05) is 32.1 Å². The second-order valence-electron chi connectivity index (χ2n) is 4.40. The zero-order chi connectivity index (χ0) is 15.5. The number of nitrogens with two attached hydrogens (primary N) is 1. The summed E-state index contributed by atoms with van der Waals surface area (Å²) in [5.74, 6) is 0. The van der Waals surface area contributed by atoms with Gasteiger partial charge in [-0.05, 0) is 12.1 Å². The molecule has 1 unspecified atom stereocenters. The predicted molar refractivity (Wildman–Crippen MR) is 73.3 cm³/mol. The maximum atomic E-state index is 12.1. The van der Waals surface area contributed by atoms with Gasteiger partial charge in [-0.2, -0.15) is 0 Å². The minimum Gasteiger partial charge on any atom is -0.393 e. The van der Waals surface area contributed by atoms with E-state index in [4.69, 9.17) is 15.2 Å². The van der Waals surface area contributed by atoms with Gasteiger partial charge in [0.05, 0.1) is 35.7 Å². The van der Waals surface area contributed by atoms with Crippen LogP contribution < -0.4 is 10.5 Å². The van der Waals surface area contributed by atoms with Gasteiger partial charge >= 0.3 is 0 Å². The zero-order valence-electron chi connectivity index (χ0n) is 11.0. The number of nitrogens with zero attached hydrogens (tertiary/aromatic N) is 1. The molecule has 1 aromatic rings. The molecule has 1 aliphatic rings. The van der Waals surface area contributed by atoms with Crippen LogP contribution in [0, 0.1) is 10.1 Å². The van der Waals surface area contributed by atoms with Gasteiger partial charge in [0.15, 0.2) is 0 Å². The third-order valence-corrected chi connectivity index (χ3v) is 4.32. The molecule has 0 amide bonds. The average Bonchev–Trinajstić information content (AvgIpc) is 2.46. The second-order valence-corrected chi connectivity index (χ2v) is 6.16. The van der Waals surface area contributed by atoms with Crippen molar-refractivity contribution in [2.45, 2.75) is 11.0 Å². The number of nitrogens with one attached hydrogen (secondary N) is 1. The molecule has 0 saturated carbocycles. The Bertz CT molecular complexity index is 627. The average molecular weight is 317 g/mol. The number of nitrogen functional groups attached to an aromatic ring is 1. The Kier molecular flexibility index (Phi) is 4.73. The summed E-state index contributed by atoms with van der Waals surface area (Å²) >= 11 is 0. The van der Waals surface area contributed by atoms with E-state index in [9.17, 15) is 18.5 Å². The number of anilines is 1. The van der Waals surface area contributed by atoms with E-state index < -0.39 is 20.6 Å². The monoisotopic (exact) mass is 317 g/mol. The smallest absolute Gasteiger partial charge is 0.293 e. The molecule has 1 aliphatic heterocycles. The van der Waals surface area contributed by atoms with Gasteiger partial charge in [0.2, 0.25) is 10.0 Å². The number of hydrogen-bond donors (Lipinski definition) is 2. The summed E-state index contributed by atoms with van der Waals surface area (Å²) in [6.07, 6.45) is -0.378. The summed E-state index contributed by atoms with van der Waals surface area (Å²) < 4.78 is 37.0. The van der Waals surface area contributed by atoms with Crippen molar-refractivity contribution in [3.63, 3.8) is 0 Å². The van der Waals surface area contributed by atoms with E-state index in [0.717, 1.165) is 6.07 Å². The summed E-state index contributed by atoms with van der Waals surface area (Å²) in [5.41, 5.74) is 4.89. The molecule has 21 heavy (non-hydrogen) atoms. The molecule has 2 rings (SSSR count). The number of ether oxygens (including phenoxy) is 2. The van der Waals surface area contributed by atoms with Crippen LogP contribution >= 0.6 is 0 Å². The maximum absolute atomic E-state index is 12.1. The highest BCUT2D eigenvalue weighted by molar-refractivity contribution is 7.89. The molecule has 3 N–H and O–H groups in total. The van der Waals surface area contributed by atoms with Crippen LogP contribution in [0.1, 0.15) is 0 Å². The van der Waals surface area contributed by atoms with E-state index >= 15 is 0 Å². The molecule has 1 fully saturated rings. The number of nitro benzene ring substituents is 1. The summed E-state index contributed by atoms with van der Waals surface area (Å²) in [6.45, 7) is 1.21. The lowest BCUT2D eigenvalue weighted by molar-refractivity contribution is -0.384. The number of sulfonamides is 1.